The number of benzene rings is 1. The second-order valence-corrected chi connectivity index (χ2v) is 5.10. The highest BCUT2D eigenvalue weighted by Gasteiger charge is 2.37. The SMILES string of the molecule is CCNC1(CC(=O)OCC)CCCc2ccccc21. The first-order valence-corrected chi connectivity index (χ1v) is 7.21. The number of rotatable bonds is 5. The molecular formula is C16H23NO2. The lowest BCUT2D eigenvalue weighted by Crippen LogP contribution is -2.46. The highest BCUT2D eigenvalue weighted by atomic mass is 16.5. The van der Waals surface area contributed by atoms with E-state index in [0.717, 1.165) is 25.8 Å². The minimum absolute atomic E-state index is 0.111. The number of fused-ring (bicyclic) bond motifs is 1. The summed E-state index contributed by atoms with van der Waals surface area (Å²) in [6.07, 6.45) is 3.64. The highest BCUT2D eigenvalue weighted by Crippen LogP contribution is 2.38. The topological polar surface area (TPSA) is 38.3 Å². The number of hydrogen-bond acceptors (Lipinski definition) is 3. The van der Waals surface area contributed by atoms with E-state index in [1.165, 1.54) is 11.1 Å². The Labute approximate surface area is 115 Å². The fourth-order valence-corrected chi connectivity index (χ4v) is 3.15. The smallest absolute Gasteiger partial charge is 0.308 e. The molecule has 0 radical (unpaired) electrons. The van der Waals surface area contributed by atoms with Gasteiger partial charge in [-0.3, -0.25) is 4.79 Å². The van der Waals surface area contributed by atoms with Crippen molar-refractivity contribution in [2.75, 3.05) is 13.2 Å². The molecule has 1 N–H and O–H groups in total. The number of ether oxygens (including phenoxy) is 1. The maximum atomic E-state index is 11.9. The van der Waals surface area contributed by atoms with Crippen molar-refractivity contribution in [3.8, 4) is 0 Å². The Morgan fingerprint density at radius 2 is 2.16 bits per heavy atom. The number of nitrogens with one attached hydrogen (secondary N) is 1. The van der Waals surface area contributed by atoms with Crippen LogP contribution < -0.4 is 5.32 Å². The van der Waals surface area contributed by atoms with E-state index in [1.807, 2.05) is 6.92 Å². The van der Waals surface area contributed by atoms with Crippen molar-refractivity contribution in [2.45, 2.75) is 45.1 Å². The van der Waals surface area contributed by atoms with E-state index in [2.05, 4.69) is 36.5 Å². The first-order chi connectivity index (χ1) is 9.22. The molecule has 0 aliphatic heterocycles. The monoisotopic (exact) mass is 261 g/mol. The molecule has 2 rings (SSSR count). The van der Waals surface area contributed by atoms with E-state index in [-0.39, 0.29) is 11.5 Å². The summed E-state index contributed by atoms with van der Waals surface area (Å²) in [5.41, 5.74) is 2.39. The van der Waals surface area contributed by atoms with Crippen LogP contribution in [0.15, 0.2) is 24.3 Å². The van der Waals surface area contributed by atoms with Crippen molar-refractivity contribution < 1.29 is 9.53 Å². The molecule has 0 spiro atoms. The number of aryl methyl sites for hydroxylation is 1. The van der Waals surface area contributed by atoms with Crippen molar-refractivity contribution in [3.63, 3.8) is 0 Å². The van der Waals surface area contributed by atoms with E-state index in [1.54, 1.807) is 0 Å². The lowest BCUT2D eigenvalue weighted by molar-refractivity contribution is -0.145. The Morgan fingerprint density at radius 3 is 2.89 bits per heavy atom. The van der Waals surface area contributed by atoms with Crippen molar-refractivity contribution in [2.24, 2.45) is 0 Å². The van der Waals surface area contributed by atoms with Crippen LogP contribution in [0.4, 0.5) is 0 Å². The average Bonchev–Trinajstić information content (AvgIpc) is 2.40. The minimum Gasteiger partial charge on any atom is -0.466 e. The van der Waals surface area contributed by atoms with Crippen molar-refractivity contribution in [1.29, 1.82) is 0 Å². The summed E-state index contributed by atoms with van der Waals surface area (Å²) in [6.45, 7) is 5.24. The molecule has 0 saturated heterocycles. The van der Waals surface area contributed by atoms with E-state index < -0.39 is 0 Å². The summed E-state index contributed by atoms with van der Waals surface area (Å²) in [4.78, 5) is 11.9. The fraction of sp³-hybridized carbons (Fsp3) is 0.562. The van der Waals surface area contributed by atoms with E-state index >= 15 is 0 Å². The molecule has 1 aliphatic rings. The van der Waals surface area contributed by atoms with Gasteiger partial charge in [0.1, 0.15) is 0 Å². The van der Waals surface area contributed by atoms with Crippen LogP contribution >= 0.6 is 0 Å². The molecule has 1 aromatic rings. The van der Waals surface area contributed by atoms with Crippen molar-refractivity contribution in [3.05, 3.63) is 35.4 Å². The molecule has 1 aliphatic carbocycles. The van der Waals surface area contributed by atoms with Gasteiger partial charge in [-0.1, -0.05) is 31.2 Å². The molecule has 3 heteroatoms. The molecule has 1 aromatic carbocycles. The van der Waals surface area contributed by atoms with Gasteiger partial charge >= 0.3 is 5.97 Å². The van der Waals surface area contributed by atoms with Gasteiger partial charge in [-0.25, -0.2) is 0 Å². The normalized spacial score (nSPS) is 21.8. The van der Waals surface area contributed by atoms with Gasteiger partial charge in [0, 0.05) is 0 Å². The zero-order valence-corrected chi connectivity index (χ0v) is 11.9. The summed E-state index contributed by atoms with van der Waals surface area (Å²) >= 11 is 0. The Kier molecular flexibility index (Phi) is 4.59. The van der Waals surface area contributed by atoms with Crippen molar-refractivity contribution in [1.82, 2.24) is 5.32 Å². The quantitative estimate of drug-likeness (QED) is 0.828. The Morgan fingerprint density at radius 1 is 1.37 bits per heavy atom. The molecular weight excluding hydrogens is 238 g/mol. The maximum Gasteiger partial charge on any atom is 0.308 e. The average molecular weight is 261 g/mol. The molecule has 1 unspecified atom stereocenters. The van der Waals surface area contributed by atoms with Gasteiger partial charge in [-0.2, -0.15) is 0 Å². The third kappa shape index (κ3) is 2.98. The van der Waals surface area contributed by atoms with Crippen LogP contribution in [0.2, 0.25) is 0 Å². The molecule has 19 heavy (non-hydrogen) atoms. The molecule has 0 saturated carbocycles. The van der Waals surface area contributed by atoms with Gasteiger partial charge in [0.05, 0.1) is 18.6 Å². The van der Waals surface area contributed by atoms with Crippen LogP contribution in [0.1, 0.15) is 44.2 Å². The van der Waals surface area contributed by atoms with Crippen LogP contribution in [0, 0.1) is 0 Å². The molecule has 1 atom stereocenters. The minimum atomic E-state index is -0.240. The standard InChI is InChI=1S/C16H23NO2/c1-3-17-16(12-15(18)19-4-2)11-7-9-13-8-5-6-10-14(13)16/h5-6,8,10,17H,3-4,7,9,11-12H2,1-2H3. The van der Waals surface area contributed by atoms with Crippen molar-refractivity contribution >= 4 is 5.97 Å². The lowest BCUT2D eigenvalue weighted by Gasteiger charge is -2.39. The predicted octanol–water partition coefficient (Wildman–Crippen LogP) is 2.78. The molecule has 3 nitrogen and oxygen atoms in total. The first kappa shape index (κ1) is 14.1. The third-order valence-electron chi connectivity index (χ3n) is 3.85. The number of esters is 1. The van der Waals surface area contributed by atoms with E-state index in [0.29, 0.717) is 13.0 Å². The Balaban J connectivity index is 2.32. The summed E-state index contributed by atoms with van der Waals surface area (Å²) < 4.78 is 5.15. The van der Waals surface area contributed by atoms with E-state index in [4.69, 9.17) is 4.74 Å². The molecule has 0 bridgehead atoms. The van der Waals surface area contributed by atoms with Gasteiger partial charge in [-0.15, -0.1) is 0 Å². The zero-order chi connectivity index (χ0) is 13.7. The molecule has 104 valence electrons. The van der Waals surface area contributed by atoms with Gasteiger partial charge in [0.2, 0.25) is 0 Å². The van der Waals surface area contributed by atoms with Gasteiger partial charge in [0.15, 0.2) is 0 Å². The van der Waals surface area contributed by atoms with Crippen LogP contribution in [-0.4, -0.2) is 19.1 Å². The number of hydrogen-bond donors (Lipinski definition) is 1. The summed E-state index contributed by atoms with van der Waals surface area (Å²) in [5.74, 6) is -0.111. The molecule has 0 heterocycles. The molecule has 0 fully saturated rings. The summed E-state index contributed by atoms with van der Waals surface area (Å²) in [5, 5.41) is 3.54. The highest BCUT2D eigenvalue weighted by molar-refractivity contribution is 5.71. The zero-order valence-electron chi connectivity index (χ0n) is 11.9. The maximum absolute atomic E-state index is 11.9. The summed E-state index contributed by atoms with van der Waals surface area (Å²) in [7, 11) is 0. The fourth-order valence-electron chi connectivity index (χ4n) is 3.15. The molecule has 0 amide bonds. The first-order valence-electron chi connectivity index (χ1n) is 7.21. The van der Waals surface area contributed by atoms with Crippen LogP contribution in [0.5, 0.6) is 0 Å². The second-order valence-electron chi connectivity index (χ2n) is 5.10. The number of carbonyl (C=O) groups excluding carboxylic acids is 1. The van der Waals surface area contributed by atoms with E-state index in [9.17, 15) is 4.79 Å². The lowest BCUT2D eigenvalue weighted by atomic mass is 9.74. The Hall–Kier alpha value is -1.35. The second kappa shape index (κ2) is 6.20. The number of carbonyl (C=O) groups is 1. The van der Waals surface area contributed by atoms with Gasteiger partial charge in [-0.05, 0) is 43.9 Å². The van der Waals surface area contributed by atoms with Crippen LogP contribution in [0.25, 0.3) is 0 Å². The summed E-state index contributed by atoms with van der Waals surface area (Å²) in [6, 6.07) is 8.45. The predicted molar refractivity (Wildman–Crippen MR) is 76.0 cm³/mol. The van der Waals surface area contributed by atoms with Gasteiger partial charge in [0.25, 0.3) is 0 Å². The Bertz CT molecular complexity index is 444. The largest absolute Gasteiger partial charge is 0.466 e. The third-order valence-corrected chi connectivity index (χ3v) is 3.85. The van der Waals surface area contributed by atoms with Gasteiger partial charge < -0.3 is 10.1 Å². The van der Waals surface area contributed by atoms with Crippen LogP contribution in [0.3, 0.4) is 0 Å². The molecule has 0 aromatic heterocycles. The van der Waals surface area contributed by atoms with Crippen LogP contribution in [-0.2, 0) is 21.5 Å².